The lowest BCUT2D eigenvalue weighted by atomic mass is 10.0. The molecule has 0 atom stereocenters. The molecule has 0 unspecified atom stereocenters. The molecule has 0 spiro atoms. The average molecular weight is 569 g/mol. The van der Waals surface area contributed by atoms with E-state index in [0.29, 0.717) is 22.8 Å². The molecule has 0 aliphatic heterocycles. The molecule has 0 fully saturated rings. The summed E-state index contributed by atoms with van der Waals surface area (Å²) >= 11 is 0. The Morgan fingerprint density at radius 2 is 1.62 bits per heavy atom. The van der Waals surface area contributed by atoms with E-state index in [1.807, 2.05) is 91.1 Å². The lowest BCUT2D eigenvalue weighted by molar-refractivity contribution is -0.671. The normalized spacial score (nSPS) is 13.8. The molecule has 1 aliphatic rings. The van der Waals surface area contributed by atoms with E-state index in [1.54, 1.807) is 6.08 Å². The van der Waals surface area contributed by atoms with E-state index in [4.69, 9.17) is 16.1 Å². The van der Waals surface area contributed by atoms with Crippen LogP contribution in [0.2, 0.25) is 0 Å². The zero-order chi connectivity index (χ0) is 29.9. The van der Waals surface area contributed by atoms with Gasteiger partial charge in [0.15, 0.2) is 0 Å². The SMILES string of the molecule is CN(C=[N+](C)C)CCCNc1ccc(/N=C2/C=C(Nc3ccc(NCCCn4cc[n+](C)c4)cc3)C(=N)C=C2N)cc1. The van der Waals surface area contributed by atoms with Gasteiger partial charge in [-0.25, -0.2) is 14.1 Å². The number of imidazole rings is 1. The number of nitrogens with one attached hydrogen (secondary N) is 4. The first kappa shape index (κ1) is 30.1. The fourth-order valence-corrected chi connectivity index (χ4v) is 4.57. The highest BCUT2D eigenvalue weighted by Gasteiger charge is 2.15. The monoisotopic (exact) mass is 568 g/mol. The number of aliphatic imine (C=N–C) groups is 1. The van der Waals surface area contributed by atoms with Gasteiger partial charge in [-0.2, -0.15) is 0 Å². The van der Waals surface area contributed by atoms with Gasteiger partial charge in [-0.05, 0) is 60.7 Å². The molecule has 6 N–H and O–H groups in total. The first-order valence-corrected chi connectivity index (χ1v) is 14.3. The van der Waals surface area contributed by atoms with Crippen molar-refractivity contribution in [3.8, 4) is 0 Å². The molecule has 0 radical (unpaired) electrons. The number of rotatable bonds is 14. The van der Waals surface area contributed by atoms with Crippen molar-refractivity contribution in [2.24, 2.45) is 17.8 Å². The zero-order valence-electron chi connectivity index (χ0n) is 25.1. The van der Waals surface area contributed by atoms with Gasteiger partial charge < -0.3 is 21.7 Å². The fourth-order valence-electron chi connectivity index (χ4n) is 4.57. The molecule has 10 nitrogen and oxygen atoms in total. The summed E-state index contributed by atoms with van der Waals surface area (Å²) in [6, 6.07) is 16.1. The number of aryl methyl sites for hydroxylation is 2. The summed E-state index contributed by atoms with van der Waals surface area (Å²) in [6.07, 6.45) is 13.8. The minimum absolute atomic E-state index is 0.320. The summed E-state index contributed by atoms with van der Waals surface area (Å²) in [5.41, 5.74) is 12.1. The molecule has 1 aliphatic carbocycles. The molecule has 3 aromatic rings. The highest BCUT2D eigenvalue weighted by molar-refractivity contribution is 6.23. The third-order valence-corrected chi connectivity index (χ3v) is 6.64. The number of hydrogen-bond acceptors (Lipinski definition) is 6. The highest BCUT2D eigenvalue weighted by atomic mass is 15.2. The summed E-state index contributed by atoms with van der Waals surface area (Å²) in [7, 11) is 8.16. The average Bonchev–Trinajstić information content (AvgIpc) is 3.38. The number of nitrogens with two attached hydrogens (primary N) is 1. The summed E-state index contributed by atoms with van der Waals surface area (Å²) < 4.78 is 6.27. The van der Waals surface area contributed by atoms with E-state index < -0.39 is 0 Å². The van der Waals surface area contributed by atoms with E-state index in [-0.39, 0.29) is 0 Å². The first-order valence-electron chi connectivity index (χ1n) is 14.3. The fraction of sp³-hybridized carbons (Fsp3) is 0.312. The van der Waals surface area contributed by atoms with Gasteiger partial charge in [0, 0.05) is 43.0 Å². The molecule has 4 rings (SSSR count). The number of allylic oxidation sites excluding steroid dienone is 2. The molecular weight excluding hydrogens is 524 g/mol. The third kappa shape index (κ3) is 9.36. The van der Waals surface area contributed by atoms with Crippen LogP contribution < -0.4 is 26.3 Å². The number of aromatic nitrogens is 2. The largest absolute Gasteiger partial charge is 0.397 e. The van der Waals surface area contributed by atoms with Gasteiger partial charge in [0.05, 0.1) is 69.8 Å². The maximum absolute atomic E-state index is 8.42. The van der Waals surface area contributed by atoms with Crippen LogP contribution in [0.5, 0.6) is 0 Å². The molecule has 1 aromatic heterocycles. The Hall–Kier alpha value is -4.86. The van der Waals surface area contributed by atoms with E-state index in [0.717, 1.165) is 61.8 Å². The number of hydrogen-bond donors (Lipinski definition) is 5. The van der Waals surface area contributed by atoms with Crippen LogP contribution in [0.3, 0.4) is 0 Å². The summed E-state index contributed by atoms with van der Waals surface area (Å²) in [5, 5.41) is 18.7. The molecule has 1 heterocycles. The van der Waals surface area contributed by atoms with Crippen molar-refractivity contribution in [2.45, 2.75) is 19.4 Å². The van der Waals surface area contributed by atoms with E-state index in [9.17, 15) is 0 Å². The second-order valence-electron chi connectivity index (χ2n) is 10.8. The Labute approximate surface area is 249 Å². The minimum Gasteiger partial charge on any atom is -0.397 e. The molecule has 0 saturated heterocycles. The molecule has 0 amide bonds. The van der Waals surface area contributed by atoms with Crippen LogP contribution in [0.25, 0.3) is 0 Å². The van der Waals surface area contributed by atoms with Crippen molar-refractivity contribution in [3.05, 3.63) is 90.8 Å². The number of nitrogens with zero attached hydrogens (tertiary/aromatic N) is 5. The van der Waals surface area contributed by atoms with Gasteiger partial charge in [0.2, 0.25) is 12.7 Å². The molecule has 220 valence electrons. The third-order valence-electron chi connectivity index (χ3n) is 6.64. The van der Waals surface area contributed by atoms with Crippen molar-refractivity contribution < 1.29 is 9.14 Å². The lowest BCUT2D eigenvalue weighted by Crippen LogP contribution is -2.24. The van der Waals surface area contributed by atoms with Gasteiger partial charge in [-0.15, -0.1) is 0 Å². The van der Waals surface area contributed by atoms with E-state index in [2.05, 4.69) is 51.3 Å². The van der Waals surface area contributed by atoms with E-state index in [1.165, 1.54) is 0 Å². The van der Waals surface area contributed by atoms with Crippen LogP contribution in [-0.2, 0) is 13.6 Å². The van der Waals surface area contributed by atoms with Gasteiger partial charge in [-0.1, -0.05) is 0 Å². The van der Waals surface area contributed by atoms with Crippen LogP contribution in [0.1, 0.15) is 12.8 Å². The van der Waals surface area contributed by atoms with Crippen LogP contribution in [0, 0.1) is 5.41 Å². The first-order chi connectivity index (χ1) is 20.2. The second-order valence-corrected chi connectivity index (χ2v) is 10.8. The zero-order valence-corrected chi connectivity index (χ0v) is 25.1. The Kier molecular flexibility index (Phi) is 10.5. The van der Waals surface area contributed by atoms with Crippen molar-refractivity contribution in [1.29, 1.82) is 5.41 Å². The summed E-state index contributed by atoms with van der Waals surface area (Å²) in [4.78, 5) is 6.93. The molecule has 2 aromatic carbocycles. The summed E-state index contributed by atoms with van der Waals surface area (Å²) in [5.74, 6) is 0. The second kappa shape index (κ2) is 14.7. The predicted octanol–water partition coefficient (Wildman–Crippen LogP) is 3.79. The molecule has 10 heteroatoms. The van der Waals surface area contributed by atoms with Crippen LogP contribution in [-0.4, -0.2) is 72.6 Å². The molecule has 0 saturated carbocycles. The van der Waals surface area contributed by atoms with Crippen molar-refractivity contribution in [1.82, 2.24) is 9.47 Å². The van der Waals surface area contributed by atoms with E-state index >= 15 is 0 Å². The maximum Gasteiger partial charge on any atom is 0.243 e. The predicted molar refractivity (Wildman–Crippen MR) is 174 cm³/mol. The Morgan fingerprint density at radius 3 is 2.26 bits per heavy atom. The standard InChI is InChI=1S/C32H44N10/c1-39(2)23-40(3)17-5-15-35-25-7-11-27(12-8-25)37-31-22-32(30(34)21-29(31)33)38-28-13-9-26(10-14-28)36-16-6-18-42-20-19-41(4)24-42/h7-14,19-24,34-36,38H,5-6,15-18,33H2,1-4H3/q+2/b34-30?,37-31-. The van der Waals surface area contributed by atoms with Crippen molar-refractivity contribution in [2.75, 3.05) is 56.7 Å². The smallest absolute Gasteiger partial charge is 0.243 e. The molecule has 0 bridgehead atoms. The lowest BCUT2D eigenvalue weighted by Gasteiger charge is -2.17. The Bertz CT molecular complexity index is 1460. The van der Waals surface area contributed by atoms with Gasteiger partial charge in [0.25, 0.3) is 0 Å². The highest BCUT2D eigenvalue weighted by Crippen LogP contribution is 2.21. The maximum atomic E-state index is 8.42. The van der Waals surface area contributed by atoms with Gasteiger partial charge in [-0.3, -0.25) is 14.9 Å². The Balaban J connectivity index is 1.29. The topological polar surface area (TPSA) is 113 Å². The van der Waals surface area contributed by atoms with Crippen molar-refractivity contribution >= 4 is 40.5 Å². The van der Waals surface area contributed by atoms with Crippen LogP contribution in [0.4, 0.5) is 22.7 Å². The number of anilines is 3. The van der Waals surface area contributed by atoms with Crippen LogP contribution >= 0.6 is 0 Å². The van der Waals surface area contributed by atoms with Crippen LogP contribution in [0.15, 0.2) is 95.8 Å². The molecule has 42 heavy (non-hydrogen) atoms. The quantitative estimate of drug-likeness (QED) is 0.0668. The minimum atomic E-state index is 0.320. The van der Waals surface area contributed by atoms with Gasteiger partial charge >= 0.3 is 0 Å². The number of benzene rings is 2. The summed E-state index contributed by atoms with van der Waals surface area (Å²) in [6.45, 7) is 3.73. The molecular formula is C32H44N10+2. The Morgan fingerprint density at radius 1 is 0.976 bits per heavy atom. The van der Waals surface area contributed by atoms with Crippen molar-refractivity contribution in [3.63, 3.8) is 0 Å². The van der Waals surface area contributed by atoms with Gasteiger partial charge in [0.1, 0.15) is 12.4 Å².